The third-order valence-corrected chi connectivity index (χ3v) is 6.40. The number of H-pyrrole nitrogens is 2. The van der Waals surface area contributed by atoms with Crippen LogP contribution in [0.2, 0.25) is 0 Å². The predicted molar refractivity (Wildman–Crippen MR) is 103 cm³/mol. The van der Waals surface area contributed by atoms with Gasteiger partial charge in [-0.3, -0.25) is 4.79 Å². The fraction of sp³-hybridized carbons (Fsp3) is 0.111. The smallest absolute Gasteiger partial charge is 0.273 e. The molecule has 25 heavy (non-hydrogen) atoms. The summed E-state index contributed by atoms with van der Waals surface area (Å²) in [6.45, 7) is 0. The van der Waals surface area contributed by atoms with E-state index in [1.54, 1.807) is 17.8 Å². The van der Waals surface area contributed by atoms with Crippen LogP contribution in [0.15, 0.2) is 50.8 Å². The van der Waals surface area contributed by atoms with Crippen LogP contribution in [0.1, 0.15) is 5.56 Å². The zero-order valence-electron chi connectivity index (χ0n) is 12.9. The quantitative estimate of drug-likeness (QED) is 0.469. The van der Waals surface area contributed by atoms with Crippen LogP contribution in [0.5, 0.6) is 5.75 Å². The summed E-state index contributed by atoms with van der Waals surface area (Å²) in [7, 11) is 0. The lowest BCUT2D eigenvalue weighted by Gasteiger charge is -2.12. The minimum absolute atomic E-state index is 0.0253. The summed E-state index contributed by atoms with van der Waals surface area (Å²) in [6, 6.07) is 7.53. The number of benzene rings is 2. The first kappa shape index (κ1) is 15.0. The molecule has 5 nitrogen and oxygen atoms in total. The number of pyridine rings is 1. The number of phenols is 1. The molecule has 1 aliphatic rings. The first-order chi connectivity index (χ1) is 12.1. The Hall–Kier alpha value is -2.25. The molecule has 4 N–H and O–H groups in total. The lowest BCUT2D eigenvalue weighted by Crippen LogP contribution is -2.22. The maximum Gasteiger partial charge on any atom is 0.273 e. The molecule has 1 aliphatic heterocycles. The molecule has 0 saturated heterocycles. The molecule has 0 saturated carbocycles. The van der Waals surface area contributed by atoms with Gasteiger partial charge < -0.3 is 15.4 Å². The zero-order valence-corrected chi connectivity index (χ0v) is 15.3. The van der Waals surface area contributed by atoms with Gasteiger partial charge in [0.05, 0.1) is 31.8 Å². The molecule has 0 radical (unpaired) electrons. The van der Waals surface area contributed by atoms with E-state index >= 15 is 0 Å². The SMILES string of the molecule is O=c1c(NC2Cc3cc(Br)c(O)cc3S2)cc2[nH]ccc3c[nH+]c1c32. The Morgan fingerprint density at radius 2 is 2.24 bits per heavy atom. The highest BCUT2D eigenvalue weighted by atomic mass is 79.9. The predicted octanol–water partition coefficient (Wildman–Crippen LogP) is 3.49. The molecule has 1 atom stereocenters. The summed E-state index contributed by atoms with van der Waals surface area (Å²) in [5.74, 6) is 0.233. The average molecular weight is 415 g/mol. The number of hydrogen-bond acceptors (Lipinski definition) is 4. The number of thioether (sulfide) groups is 1. The number of halogens is 1. The molecule has 7 heteroatoms. The first-order valence-corrected chi connectivity index (χ1v) is 9.50. The number of fused-ring (bicyclic) bond motifs is 1. The molecule has 5 rings (SSSR count). The fourth-order valence-electron chi connectivity index (χ4n) is 3.40. The van der Waals surface area contributed by atoms with Crippen LogP contribution in [-0.4, -0.2) is 15.5 Å². The van der Waals surface area contributed by atoms with E-state index in [2.05, 4.69) is 31.2 Å². The van der Waals surface area contributed by atoms with Crippen LogP contribution in [0, 0.1) is 0 Å². The second-order valence-electron chi connectivity index (χ2n) is 6.14. The maximum absolute atomic E-state index is 12.8. The number of anilines is 1. The monoisotopic (exact) mass is 414 g/mol. The van der Waals surface area contributed by atoms with Crippen molar-refractivity contribution in [2.45, 2.75) is 16.7 Å². The maximum atomic E-state index is 12.8. The number of phenolic OH excluding ortho intramolecular Hbond substituents is 1. The Morgan fingerprint density at radius 3 is 3.12 bits per heavy atom. The van der Waals surface area contributed by atoms with Gasteiger partial charge in [-0.05, 0) is 45.8 Å². The Kier molecular flexibility index (Phi) is 3.23. The summed E-state index contributed by atoms with van der Waals surface area (Å²) < 4.78 is 0.692. The molecule has 1 unspecified atom stereocenters. The number of aromatic hydroxyl groups is 1. The van der Waals surface area contributed by atoms with Crippen LogP contribution in [0.25, 0.3) is 21.8 Å². The van der Waals surface area contributed by atoms with Gasteiger partial charge in [0, 0.05) is 17.5 Å². The molecular formula is C18H13BrN3O2S+. The van der Waals surface area contributed by atoms with Crippen molar-refractivity contribution in [1.29, 1.82) is 0 Å². The number of rotatable bonds is 2. The van der Waals surface area contributed by atoms with Gasteiger partial charge in [0.1, 0.15) is 5.75 Å². The zero-order chi connectivity index (χ0) is 17.1. The molecule has 0 fully saturated rings. The van der Waals surface area contributed by atoms with E-state index in [1.165, 1.54) is 0 Å². The summed E-state index contributed by atoms with van der Waals surface area (Å²) in [6.07, 6.45) is 4.52. The number of nitrogens with one attached hydrogen (secondary N) is 3. The number of hydrogen-bond donors (Lipinski definition) is 3. The van der Waals surface area contributed by atoms with E-state index < -0.39 is 0 Å². The lowest BCUT2D eigenvalue weighted by atomic mass is 10.1. The average Bonchev–Trinajstić information content (AvgIpc) is 3.18. The normalized spacial score (nSPS) is 16.6. The van der Waals surface area contributed by atoms with Crippen molar-refractivity contribution in [2.24, 2.45) is 0 Å². The van der Waals surface area contributed by atoms with Crippen LogP contribution in [-0.2, 0) is 6.42 Å². The Morgan fingerprint density at radius 1 is 1.36 bits per heavy atom. The summed E-state index contributed by atoms with van der Waals surface area (Å²) in [5.41, 5.74) is 3.25. The van der Waals surface area contributed by atoms with Crippen molar-refractivity contribution >= 4 is 55.2 Å². The second-order valence-corrected chi connectivity index (χ2v) is 8.24. The van der Waals surface area contributed by atoms with E-state index in [0.717, 1.165) is 33.2 Å². The van der Waals surface area contributed by atoms with Crippen molar-refractivity contribution in [3.05, 3.63) is 56.9 Å². The van der Waals surface area contributed by atoms with E-state index in [4.69, 9.17) is 0 Å². The molecule has 4 aromatic rings. The summed E-state index contributed by atoms with van der Waals surface area (Å²) >= 11 is 4.98. The van der Waals surface area contributed by atoms with Gasteiger partial charge in [-0.1, -0.05) is 0 Å². The van der Waals surface area contributed by atoms with E-state index in [0.29, 0.717) is 15.7 Å². The summed E-state index contributed by atoms with van der Waals surface area (Å²) in [5, 5.41) is 15.2. The topological polar surface area (TPSA) is 79.3 Å². The van der Waals surface area contributed by atoms with Crippen molar-refractivity contribution in [2.75, 3.05) is 5.32 Å². The van der Waals surface area contributed by atoms with Gasteiger partial charge >= 0.3 is 0 Å². The molecule has 0 spiro atoms. The van der Waals surface area contributed by atoms with Gasteiger partial charge in [-0.2, -0.15) is 0 Å². The lowest BCUT2D eigenvalue weighted by molar-refractivity contribution is -0.340. The first-order valence-electron chi connectivity index (χ1n) is 7.83. The molecule has 0 aliphatic carbocycles. The Balaban J connectivity index is 1.53. The van der Waals surface area contributed by atoms with E-state index in [9.17, 15) is 9.90 Å². The van der Waals surface area contributed by atoms with Crippen molar-refractivity contribution in [1.82, 2.24) is 4.98 Å². The highest BCUT2D eigenvalue weighted by molar-refractivity contribution is 9.10. The van der Waals surface area contributed by atoms with E-state index in [1.807, 2.05) is 30.6 Å². The highest BCUT2D eigenvalue weighted by Crippen LogP contribution is 2.42. The molecule has 124 valence electrons. The molecule has 2 aromatic carbocycles. The highest BCUT2D eigenvalue weighted by Gasteiger charge is 2.26. The minimum atomic E-state index is -0.0253. The van der Waals surface area contributed by atoms with Crippen LogP contribution < -0.4 is 15.7 Å². The standard InChI is InChI=1S/C18H12BrN3O2S/c19-10-3-9-4-15(25-14(9)6-13(10)23)22-12-5-11-16-8(1-2-20-11)7-21-17(16)18(12)24/h1-3,5-7,15,20,22-23H,4H2/p+1. The largest absolute Gasteiger partial charge is 0.507 e. The van der Waals surface area contributed by atoms with Gasteiger partial charge in [-0.15, -0.1) is 11.8 Å². The second kappa shape index (κ2) is 5.37. The van der Waals surface area contributed by atoms with Crippen molar-refractivity contribution in [3.63, 3.8) is 0 Å². The number of aromatic amines is 2. The Bertz CT molecular complexity index is 1160. The molecular weight excluding hydrogens is 402 g/mol. The van der Waals surface area contributed by atoms with Crippen molar-refractivity contribution < 1.29 is 10.1 Å². The van der Waals surface area contributed by atoms with Gasteiger partial charge in [0.2, 0.25) is 0 Å². The fourth-order valence-corrected chi connectivity index (χ4v) is 5.02. The summed E-state index contributed by atoms with van der Waals surface area (Å²) in [4.78, 5) is 20.1. The molecule has 3 heterocycles. The van der Waals surface area contributed by atoms with Crippen molar-refractivity contribution in [3.8, 4) is 5.75 Å². The molecule has 2 aromatic heterocycles. The molecule has 0 bridgehead atoms. The van der Waals surface area contributed by atoms with E-state index in [-0.39, 0.29) is 16.6 Å². The molecule has 0 amide bonds. The van der Waals surface area contributed by atoms with Crippen LogP contribution >= 0.6 is 27.7 Å². The van der Waals surface area contributed by atoms with Crippen LogP contribution in [0.4, 0.5) is 5.69 Å². The third-order valence-electron chi connectivity index (χ3n) is 4.56. The minimum Gasteiger partial charge on any atom is -0.507 e. The third kappa shape index (κ3) is 2.30. The Labute approximate surface area is 154 Å². The van der Waals surface area contributed by atoms with Gasteiger partial charge in [0.15, 0.2) is 6.20 Å². The number of aromatic nitrogens is 2. The van der Waals surface area contributed by atoms with Crippen LogP contribution in [0.3, 0.4) is 0 Å². The van der Waals surface area contributed by atoms with Gasteiger partial charge in [0.25, 0.3) is 10.9 Å². The van der Waals surface area contributed by atoms with Gasteiger partial charge in [-0.25, -0.2) is 4.98 Å².